The quantitative estimate of drug-likeness (QED) is 0.196. The normalized spacial score (nSPS) is 19.1. The molecule has 2 unspecified atom stereocenters. The second kappa shape index (κ2) is 11.8. The summed E-state index contributed by atoms with van der Waals surface area (Å²) in [6, 6.07) is 0. The van der Waals surface area contributed by atoms with Crippen LogP contribution in [-0.2, 0) is 19.1 Å². The molecule has 0 aromatic rings. The van der Waals surface area contributed by atoms with Gasteiger partial charge in [-0.3, -0.25) is 9.59 Å². The van der Waals surface area contributed by atoms with Gasteiger partial charge < -0.3 is 9.47 Å². The Bertz CT molecular complexity index is 709. The van der Waals surface area contributed by atoms with Crippen LogP contribution in [-0.4, -0.2) is 36.2 Å². The Morgan fingerprint density at radius 2 is 1.40 bits per heavy atom. The highest BCUT2D eigenvalue weighted by atomic mass is 19.4. The van der Waals surface area contributed by atoms with Crippen LogP contribution in [0.5, 0.6) is 0 Å². The van der Waals surface area contributed by atoms with Crippen molar-refractivity contribution < 1.29 is 41.0 Å². The smallest absolute Gasteiger partial charge is 0.456 e. The average molecular weight is 515 g/mol. The van der Waals surface area contributed by atoms with Gasteiger partial charge in [0.15, 0.2) is 6.61 Å². The third kappa shape index (κ3) is 8.04. The molecule has 1 rings (SSSR count). The van der Waals surface area contributed by atoms with Gasteiger partial charge in [-0.25, -0.2) is 0 Å². The molecule has 1 fully saturated rings. The first-order valence-electron chi connectivity index (χ1n) is 12.7. The van der Waals surface area contributed by atoms with E-state index in [0.717, 1.165) is 12.8 Å². The zero-order valence-corrected chi connectivity index (χ0v) is 22.2. The van der Waals surface area contributed by atoms with E-state index in [0.29, 0.717) is 38.5 Å². The lowest BCUT2D eigenvalue weighted by molar-refractivity contribution is -0.295. The fourth-order valence-electron chi connectivity index (χ4n) is 4.66. The van der Waals surface area contributed by atoms with Gasteiger partial charge in [-0.05, 0) is 49.4 Å². The monoisotopic (exact) mass is 514 g/mol. The Hall–Kier alpha value is -1.41. The number of carbonyl (C=O) groups is 2. The molecule has 206 valence electrons. The van der Waals surface area contributed by atoms with E-state index in [1.54, 1.807) is 6.92 Å². The Labute approximate surface area is 206 Å². The lowest BCUT2D eigenvalue weighted by Gasteiger charge is -2.44. The van der Waals surface area contributed by atoms with Gasteiger partial charge in [-0.15, -0.1) is 0 Å². The molecule has 1 aliphatic rings. The molecule has 4 nitrogen and oxygen atoms in total. The van der Waals surface area contributed by atoms with Gasteiger partial charge in [0.05, 0.1) is 11.8 Å². The number of halogens is 5. The van der Waals surface area contributed by atoms with E-state index in [-0.39, 0.29) is 11.8 Å². The predicted octanol–water partition coefficient (Wildman–Crippen LogP) is 7.88. The van der Waals surface area contributed by atoms with Crippen LogP contribution in [0.3, 0.4) is 0 Å². The Balaban J connectivity index is 3.25. The van der Waals surface area contributed by atoms with Crippen molar-refractivity contribution in [3.63, 3.8) is 0 Å². The molecule has 35 heavy (non-hydrogen) atoms. The molecule has 0 radical (unpaired) electrons. The molecule has 1 aliphatic carbocycles. The molecule has 0 aromatic heterocycles. The molecule has 0 aromatic carbocycles. The summed E-state index contributed by atoms with van der Waals surface area (Å²) in [5.74, 6) is -8.39. The summed E-state index contributed by atoms with van der Waals surface area (Å²) in [5.41, 5.74) is -1.81. The van der Waals surface area contributed by atoms with Crippen LogP contribution in [0.15, 0.2) is 0 Å². The number of rotatable bonds is 12. The van der Waals surface area contributed by atoms with Crippen molar-refractivity contribution in [2.75, 3.05) is 6.61 Å². The lowest BCUT2D eigenvalue weighted by Crippen LogP contribution is -2.51. The summed E-state index contributed by atoms with van der Waals surface area (Å²) >= 11 is 0. The van der Waals surface area contributed by atoms with Crippen LogP contribution in [0.1, 0.15) is 106 Å². The zero-order valence-electron chi connectivity index (χ0n) is 22.2. The molecule has 0 bridgehead atoms. The van der Waals surface area contributed by atoms with Crippen molar-refractivity contribution in [2.45, 2.75) is 124 Å². The standard InChI is InChI=1S/C26H43F5O4/c1-8-18(20(32)34-17-25(27,28)26(29,30)31)24(14-12-11-13-15-24)35-21(33)19(23(6,7)10-3)16-22(4,5)9-2/h18-19H,8-17H2,1-7H3. The highest BCUT2D eigenvalue weighted by molar-refractivity contribution is 5.77. The third-order valence-electron chi connectivity index (χ3n) is 7.99. The van der Waals surface area contributed by atoms with E-state index in [4.69, 9.17) is 4.74 Å². The lowest BCUT2D eigenvalue weighted by atomic mass is 9.68. The molecule has 0 heterocycles. The van der Waals surface area contributed by atoms with E-state index in [1.165, 1.54) is 0 Å². The van der Waals surface area contributed by atoms with Gasteiger partial charge >= 0.3 is 24.0 Å². The van der Waals surface area contributed by atoms with E-state index in [1.807, 2.05) is 27.7 Å². The average Bonchev–Trinajstić information content (AvgIpc) is 2.76. The van der Waals surface area contributed by atoms with Gasteiger partial charge in [0, 0.05) is 0 Å². The van der Waals surface area contributed by atoms with Crippen molar-refractivity contribution in [3.8, 4) is 0 Å². The van der Waals surface area contributed by atoms with Gasteiger partial charge in [0.25, 0.3) is 0 Å². The van der Waals surface area contributed by atoms with Crippen molar-refractivity contribution >= 4 is 11.9 Å². The zero-order chi connectivity index (χ0) is 27.3. The first-order valence-corrected chi connectivity index (χ1v) is 12.7. The molecule has 0 N–H and O–H groups in total. The molecule has 9 heteroatoms. The molecule has 0 saturated heterocycles. The number of ether oxygens (including phenoxy) is 2. The van der Waals surface area contributed by atoms with E-state index in [2.05, 4.69) is 18.6 Å². The first-order chi connectivity index (χ1) is 15.9. The number of carbonyl (C=O) groups excluding carboxylic acids is 2. The second-order valence-corrected chi connectivity index (χ2v) is 11.4. The Kier molecular flexibility index (Phi) is 10.6. The van der Waals surface area contributed by atoms with Gasteiger partial charge in [-0.2, -0.15) is 22.0 Å². The van der Waals surface area contributed by atoms with Crippen LogP contribution in [0.2, 0.25) is 0 Å². The van der Waals surface area contributed by atoms with Crippen LogP contribution in [0, 0.1) is 22.7 Å². The molecule has 2 atom stereocenters. The number of alkyl halides is 5. The minimum absolute atomic E-state index is 0.0893. The van der Waals surface area contributed by atoms with Crippen LogP contribution < -0.4 is 0 Å². The SMILES string of the molecule is CCC(C(=O)OCC(F)(F)C(F)(F)F)C1(OC(=O)C(CC(C)(C)CC)C(C)(C)CC)CCCCC1. The summed E-state index contributed by atoms with van der Waals surface area (Å²) in [7, 11) is 0. The second-order valence-electron chi connectivity index (χ2n) is 11.4. The summed E-state index contributed by atoms with van der Waals surface area (Å²) in [5, 5.41) is 0. The summed E-state index contributed by atoms with van der Waals surface area (Å²) in [4.78, 5) is 26.5. The van der Waals surface area contributed by atoms with Crippen molar-refractivity contribution in [3.05, 3.63) is 0 Å². The maximum atomic E-state index is 13.7. The van der Waals surface area contributed by atoms with Crippen molar-refractivity contribution in [1.82, 2.24) is 0 Å². The summed E-state index contributed by atoms with van der Waals surface area (Å²) in [6.07, 6.45) is -0.791. The van der Waals surface area contributed by atoms with Crippen LogP contribution in [0.25, 0.3) is 0 Å². The highest BCUT2D eigenvalue weighted by Crippen LogP contribution is 2.45. The van der Waals surface area contributed by atoms with Crippen LogP contribution >= 0.6 is 0 Å². The highest BCUT2D eigenvalue weighted by Gasteiger charge is 2.59. The van der Waals surface area contributed by atoms with Gasteiger partial charge in [0.1, 0.15) is 5.60 Å². The Morgan fingerprint density at radius 3 is 1.83 bits per heavy atom. The van der Waals surface area contributed by atoms with E-state index >= 15 is 0 Å². The Morgan fingerprint density at radius 1 is 0.857 bits per heavy atom. The van der Waals surface area contributed by atoms with E-state index in [9.17, 15) is 31.5 Å². The fraction of sp³-hybridized carbons (Fsp3) is 0.923. The fourth-order valence-corrected chi connectivity index (χ4v) is 4.66. The van der Waals surface area contributed by atoms with E-state index < -0.39 is 53.5 Å². The molecule has 1 saturated carbocycles. The van der Waals surface area contributed by atoms with Gasteiger partial charge in [-0.1, -0.05) is 67.7 Å². The minimum Gasteiger partial charge on any atom is -0.459 e. The topological polar surface area (TPSA) is 52.6 Å². The maximum absolute atomic E-state index is 13.7. The van der Waals surface area contributed by atoms with Crippen LogP contribution in [0.4, 0.5) is 22.0 Å². The van der Waals surface area contributed by atoms with Crippen molar-refractivity contribution in [2.24, 2.45) is 22.7 Å². The number of hydrogen-bond acceptors (Lipinski definition) is 4. The molecular formula is C26H43F5O4. The first kappa shape index (κ1) is 31.6. The predicted molar refractivity (Wildman–Crippen MR) is 124 cm³/mol. The van der Waals surface area contributed by atoms with Crippen molar-refractivity contribution in [1.29, 1.82) is 0 Å². The third-order valence-corrected chi connectivity index (χ3v) is 7.99. The maximum Gasteiger partial charge on any atom is 0.456 e. The largest absolute Gasteiger partial charge is 0.459 e. The summed E-state index contributed by atoms with van der Waals surface area (Å²) in [6.45, 7) is 11.7. The summed E-state index contributed by atoms with van der Waals surface area (Å²) < 4.78 is 75.1. The number of hydrogen-bond donors (Lipinski definition) is 0. The van der Waals surface area contributed by atoms with Gasteiger partial charge in [0.2, 0.25) is 0 Å². The molecule has 0 amide bonds. The minimum atomic E-state index is -5.82. The number of esters is 2. The molecule has 0 aliphatic heterocycles. The molecule has 0 spiro atoms. The molecular weight excluding hydrogens is 471 g/mol.